The molecule has 0 saturated heterocycles. The highest BCUT2D eigenvalue weighted by Crippen LogP contribution is 2.42. The van der Waals surface area contributed by atoms with E-state index < -0.39 is 18.8 Å². The van der Waals surface area contributed by atoms with E-state index in [4.69, 9.17) is 32.7 Å². The Labute approximate surface area is 182 Å². The average Bonchev–Trinajstić information content (AvgIpc) is 2.67. The first kappa shape index (κ1) is 22.6. The van der Waals surface area contributed by atoms with Gasteiger partial charge in [0.25, 0.3) is 0 Å². The van der Waals surface area contributed by atoms with Crippen LogP contribution in [0.3, 0.4) is 0 Å². The fourth-order valence-electron chi connectivity index (χ4n) is 3.45. The van der Waals surface area contributed by atoms with Crippen molar-refractivity contribution in [3.05, 3.63) is 57.1 Å². The van der Waals surface area contributed by atoms with Gasteiger partial charge in [-0.25, -0.2) is 0 Å². The van der Waals surface area contributed by atoms with E-state index in [0.29, 0.717) is 34.3 Å². The quantitative estimate of drug-likeness (QED) is 0.508. The van der Waals surface area contributed by atoms with Crippen molar-refractivity contribution in [1.29, 1.82) is 0 Å². The van der Waals surface area contributed by atoms with Crippen molar-refractivity contribution in [2.75, 3.05) is 13.2 Å². The lowest BCUT2D eigenvalue weighted by Crippen LogP contribution is -2.35. The first-order chi connectivity index (χ1) is 14.1. The number of ether oxygens (including phenoxy) is 2. The lowest BCUT2D eigenvalue weighted by Gasteiger charge is -2.35. The highest BCUT2D eigenvalue weighted by atomic mass is 35.5. The van der Waals surface area contributed by atoms with Crippen molar-refractivity contribution in [3.8, 4) is 11.5 Å². The number of carbonyl (C=O) groups excluding carboxylic acids is 1. The number of rotatable bonds is 6. The van der Waals surface area contributed by atoms with Crippen LogP contribution in [-0.4, -0.2) is 36.7 Å². The SMILES string of the molecule is CC(C)Oc1c(Cl)cc([C@@H]2c3ccc(OCC(F)(F)F)cc3CCN2C=O)cc1Cl. The minimum Gasteiger partial charge on any atom is -0.488 e. The van der Waals surface area contributed by atoms with Crippen LogP contribution in [0.25, 0.3) is 0 Å². The topological polar surface area (TPSA) is 38.8 Å². The fourth-order valence-corrected chi connectivity index (χ4v) is 4.04. The van der Waals surface area contributed by atoms with Crippen molar-refractivity contribution in [1.82, 2.24) is 4.90 Å². The number of halogens is 5. The minimum absolute atomic E-state index is 0.122. The Morgan fingerprint density at radius 1 is 1.20 bits per heavy atom. The summed E-state index contributed by atoms with van der Waals surface area (Å²) in [7, 11) is 0. The Balaban J connectivity index is 1.98. The first-order valence-electron chi connectivity index (χ1n) is 9.28. The minimum atomic E-state index is -4.42. The molecule has 2 aromatic rings. The summed E-state index contributed by atoms with van der Waals surface area (Å²) in [5, 5.41) is 0.628. The third-order valence-electron chi connectivity index (χ3n) is 4.61. The van der Waals surface area contributed by atoms with Crippen LogP contribution in [0.5, 0.6) is 11.5 Å². The summed E-state index contributed by atoms with van der Waals surface area (Å²) in [6.07, 6.45) is -3.31. The molecule has 0 radical (unpaired) electrons. The van der Waals surface area contributed by atoms with Crippen LogP contribution >= 0.6 is 23.2 Å². The predicted molar refractivity (Wildman–Crippen MR) is 109 cm³/mol. The molecule has 1 aliphatic heterocycles. The third-order valence-corrected chi connectivity index (χ3v) is 5.17. The van der Waals surface area contributed by atoms with Crippen LogP contribution in [0.4, 0.5) is 13.2 Å². The molecule has 9 heteroatoms. The second-order valence-electron chi connectivity index (χ2n) is 7.24. The van der Waals surface area contributed by atoms with Crippen molar-refractivity contribution in [2.24, 2.45) is 0 Å². The number of hydrogen-bond acceptors (Lipinski definition) is 3. The van der Waals surface area contributed by atoms with Gasteiger partial charge >= 0.3 is 6.18 Å². The van der Waals surface area contributed by atoms with E-state index in [1.807, 2.05) is 13.8 Å². The van der Waals surface area contributed by atoms with Gasteiger partial charge in [-0.1, -0.05) is 29.3 Å². The summed E-state index contributed by atoms with van der Waals surface area (Å²) >= 11 is 12.8. The Morgan fingerprint density at radius 3 is 2.43 bits per heavy atom. The number of nitrogens with zero attached hydrogens (tertiary/aromatic N) is 1. The van der Waals surface area contributed by atoms with Gasteiger partial charge in [0.1, 0.15) is 5.75 Å². The van der Waals surface area contributed by atoms with Gasteiger partial charge in [-0.05, 0) is 61.2 Å². The molecule has 0 saturated carbocycles. The fraction of sp³-hybridized carbons (Fsp3) is 0.381. The van der Waals surface area contributed by atoms with Crippen LogP contribution in [0, 0.1) is 0 Å². The normalized spacial score (nSPS) is 16.4. The van der Waals surface area contributed by atoms with E-state index in [-0.39, 0.29) is 11.9 Å². The summed E-state index contributed by atoms with van der Waals surface area (Å²) in [6.45, 7) is 2.73. The van der Waals surface area contributed by atoms with E-state index in [1.165, 1.54) is 6.07 Å². The molecule has 4 nitrogen and oxygen atoms in total. The van der Waals surface area contributed by atoms with Gasteiger partial charge in [-0.3, -0.25) is 4.79 Å². The zero-order valence-corrected chi connectivity index (χ0v) is 17.8. The van der Waals surface area contributed by atoms with Gasteiger partial charge in [0.15, 0.2) is 12.4 Å². The molecule has 1 heterocycles. The van der Waals surface area contributed by atoms with Gasteiger partial charge < -0.3 is 14.4 Å². The second kappa shape index (κ2) is 8.94. The van der Waals surface area contributed by atoms with Crippen LogP contribution in [0.15, 0.2) is 30.3 Å². The molecule has 0 N–H and O–H groups in total. The summed E-state index contributed by atoms with van der Waals surface area (Å²) in [4.78, 5) is 13.3. The predicted octanol–water partition coefficient (Wildman–Crippen LogP) is 5.83. The second-order valence-corrected chi connectivity index (χ2v) is 8.05. The number of amides is 1. The maximum atomic E-state index is 12.4. The lowest BCUT2D eigenvalue weighted by molar-refractivity contribution is -0.153. The standard InChI is InChI=1S/C21H20Cl2F3NO3/c1-12(2)30-20-17(22)8-14(9-18(20)23)19-16-4-3-15(29-10-21(24,25)26)7-13(16)5-6-27(19)11-28/h3-4,7-9,11-12,19H,5-6,10H2,1-2H3/t19-/m1/s1. The molecule has 162 valence electrons. The number of fused-ring (bicyclic) bond motifs is 1. The molecule has 0 fully saturated rings. The van der Waals surface area contributed by atoms with E-state index in [0.717, 1.165) is 17.5 Å². The summed E-state index contributed by atoms with van der Waals surface area (Å²) < 4.78 is 47.8. The molecular weight excluding hydrogens is 442 g/mol. The lowest BCUT2D eigenvalue weighted by atomic mass is 9.88. The van der Waals surface area contributed by atoms with Crippen molar-refractivity contribution >= 4 is 29.6 Å². The van der Waals surface area contributed by atoms with Crippen molar-refractivity contribution in [3.63, 3.8) is 0 Å². The van der Waals surface area contributed by atoms with E-state index in [9.17, 15) is 18.0 Å². The number of alkyl halides is 3. The monoisotopic (exact) mass is 461 g/mol. The van der Waals surface area contributed by atoms with Gasteiger partial charge in [-0.2, -0.15) is 13.2 Å². The average molecular weight is 462 g/mol. The Kier molecular flexibility index (Phi) is 6.72. The highest BCUT2D eigenvalue weighted by molar-refractivity contribution is 6.37. The molecule has 0 aromatic heterocycles. The van der Waals surface area contributed by atoms with Crippen LogP contribution in [-0.2, 0) is 11.2 Å². The van der Waals surface area contributed by atoms with Crippen LogP contribution < -0.4 is 9.47 Å². The van der Waals surface area contributed by atoms with Crippen LogP contribution in [0.2, 0.25) is 10.0 Å². The van der Waals surface area contributed by atoms with Gasteiger partial charge in [0, 0.05) is 6.54 Å². The molecule has 30 heavy (non-hydrogen) atoms. The highest BCUT2D eigenvalue weighted by Gasteiger charge is 2.31. The number of carbonyl (C=O) groups is 1. The van der Waals surface area contributed by atoms with Crippen LogP contribution in [0.1, 0.15) is 36.6 Å². The van der Waals surface area contributed by atoms with Gasteiger partial charge in [0.05, 0.1) is 22.2 Å². The number of hydrogen-bond donors (Lipinski definition) is 0. The molecule has 0 unspecified atom stereocenters. The molecule has 3 rings (SSSR count). The summed E-state index contributed by atoms with van der Waals surface area (Å²) in [5.41, 5.74) is 2.25. The molecule has 0 spiro atoms. The van der Waals surface area contributed by atoms with Gasteiger partial charge in [0.2, 0.25) is 6.41 Å². The maximum absolute atomic E-state index is 12.4. The molecule has 0 bridgehead atoms. The molecule has 1 amide bonds. The van der Waals surface area contributed by atoms with E-state index >= 15 is 0 Å². The summed E-state index contributed by atoms with van der Waals surface area (Å²) in [6, 6.07) is 7.61. The zero-order chi connectivity index (χ0) is 22.1. The largest absolute Gasteiger partial charge is 0.488 e. The van der Waals surface area contributed by atoms with Gasteiger partial charge in [-0.15, -0.1) is 0 Å². The van der Waals surface area contributed by atoms with E-state index in [1.54, 1.807) is 29.2 Å². The maximum Gasteiger partial charge on any atom is 0.422 e. The smallest absolute Gasteiger partial charge is 0.422 e. The molecule has 1 atom stereocenters. The summed E-state index contributed by atoms with van der Waals surface area (Å²) in [5.74, 6) is 0.489. The Hall–Kier alpha value is -2.12. The molecule has 1 aliphatic rings. The molecular formula is C21H20Cl2F3NO3. The van der Waals surface area contributed by atoms with Crippen molar-refractivity contribution in [2.45, 2.75) is 38.6 Å². The molecule has 2 aromatic carbocycles. The molecule has 0 aliphatic carbocycles. The zero-order valence-electron chi connectivity index (χ0n) is 16.3. The third kappa shape index (κ3) is 5.13. The Bertz CT molecular complexity index is 911. The van der Waals surface area contributed by atoms with E-state index in [2.05, 4.69) is 0 Å². The van der Waals surface area contributed by atoms with Crippen molar-refractivity contribution < 1.29 is 27.4 Å². The Morgan fingerprint density at radius 2 is 1.87 bits per heavy atom. The first-order valence-corrected chi connectivity index (χ1v) is 10.0. The number of benzene rings is 2.